The lowest BCUT2D eigenvalue weighted by Gasteiger charge is -2.07. The van der Waals surface area contributed by atoms with Gasteiger partial charge in [-0.25, -0.2) is 9.07 Å². The standard InChI is InChI=1S/C24H19FN8O2/c1-13-11-17(9-10-19(13)25)33-24(35)21(14(2)30-33)27-26-20-8-4-7-18(22(20)34)15-5-3-6-16(12-15)23-28-31-32-29-23/h3-12,30,34H,1-2H3,(H,28,29,31,32). The lowest BCUT2D eigenvalue weighted by molar-refractivity contribution is 0.478. The van der Waals surface area contributed by atoms with Crippen LogP contribution in [0.1, 0.15) is 11.3 Å². The number of rotatable bonds is 5. The summed E-state index contributed by atoms with van der Waals surface area (Å²) in [6.07, 6.45) is 0. The number of aryl methyl sites for hydroxylation is 2. The lowest BCUT2D eigenvalue weighted by atomic mass is 10.0. The molecule has 0 amide bonds. The maximum Gasteiger partial charge on any atom is 0.299 e. The van der Waals surface area contributed by atoms with E-state index in [-0.39, 0.29) is 22.9 Å². The van der Waals surface area contributed by atoms with Crippen LogP contribution in [0.4, 0.5) is 15.8 Å². The number of tetrazole rings is 1. The van der Waals surface area contributed by atoms with E-state index in [4.69, 9.17) is 0 Å². The van der Waals surface area contributed by atoms with Gasteiger partial charge in [-0.3, -0.25) is 9.89 Å². The Hall–Kier alpha value is -4.93. The zero-order valence-electron chi connectivity index (χ0n) is 18.7. The first-order chi connectivity index (χ1) is 16.9. The quantitative estimate of drug-likeness (QED) is 0.314. The fourth-order valence-corrected chi connectivity index (χ4v) is 3.66. The molecule has 0 aliphatic heterocycles. The summed E-state index contributed by atoms with van der Waals surface area (Å²) in [5.41, 5.74) is 3.16. The first-order valence-corrected chi connectivity index (χ1v) is 10.6. The number of benzene rings is 3. The van der Waals surface area contributed by atoms with Crippen LogP contribution in [-0.4, -0.2) is 35.5 Å². The van der Waals surface area contributed by atoms with E-state index in [1.54, 1.807) is 38.1 Å². The summed E-state index contributed by atoms with van der Waals surface area (Å²) >= 11 is 0. The molecule has 174 valence electrons. The van der Waals surface area contributed by atoms with Crippen LogP contribution in [0, 0.1) is 19.7 Å². The van der Waals surface area contributed by atoms with Crippen LogP contribution in [0.15, 0.2) is 75.7 Å². The molecule has 0 spiro atoms. The fourth-order valence-electron chi connectivity index (χ4n) is 3.66. The van der Waals surface area contributed by atoms with Crippen molar-refractivity contribution in [2.24, 2.45) is 10.2 Å². The van der Waals surface area contributed by atoms with Gasteiger partial charge >= 0.3 is 0 Å². The molecule has 3 N–H and O–H groups in total. The summed E-state index contributed by atoms with van der Waals surface area (Å²) in [6, 6.07) is 16.7. The molecule has 0 atom stereocenters. The van der Waals surface area contributed by atoms with Crippen LogP contribution in [0.25, 0.3) is 28.2 Å². The molecule has 0 fully saturated rings. The smallest absolute Gasteiger partial charge is 0.299 e. The van der Waals surface area contributed by atoms with Gasteiger partial charge in [0, 0.05) is 11.1 Å². The molecule has 10 nitrogen and oxygen atoms in total. The minimum atomic E-state index is -0.444. The molecule has 5 aromatic rings. The van der Waals surface area contributed by atoms with Crippen molar-refractivity contribution in [1.82, 2.24) is 30.4 Å². The Morgan fingerprint density at radius 3 is 2.57 bits per heavy atom. The third-order valence-corrected chi connectivity index (χ3v) is 5.49. The number of aromatic hydroxyl groups is 1. The molecule has 35 heavy (non-hydrogen) atoms. The molecule has 0 saturated carbocycles. The zero-order valence-corrected chi connectivity index (χ0v) is 18.7. The Morgan fingerprint density at radius 2 is 1.80 bits per heavy atom. The summed E-state index contributed by atoms with van der Waals surface area (Å²) < 4.78 is 14.9. The molecule has 0 radical (unpaired) electrons. The minimum absolute atomic E-state index is 0.0795. The van der Waals surface area contributed by atoms with Gasteiger partial charge in [0.15, 0.2) is 11.4 Å². The average Bonchev–Trinajstić information content (AvgIpc) is 3.49. The first-order valence-electron chi connectivity index (χ1n) is 10.6. The molecular weight excluding hydrogens is 451 g/mol. The van der Waals surface area contributed by atoms with Crippen molar-refractivity contribution in [3.63, 3.8) is 0 Å². The number of nitrogens with one attached hydrogen (secondary N) is 2. The summed E-state index contributed by atoms with van der Waals surface area (Å²) in [5, 5.41) is 36.0. The van der Waals surface area contributed by atoms with Crippen molar-refractivity contribution in [1.29, 1.82) is 0 Å². The topological polar surface area (TPSA) is 137 Å². The zero-order chi connectivity index (χ0) is 24.5. The van der Waals surface area contributed by atoms with Crippen LogP contribution in [-0.2, 0) is 0 Å². The summed E-state index contributed by atoms with van der Waals surface area (Å²) in [7, 11) is 0. The second kappa shape index (κ2) is 8.78. The van der Waals surface area contributed by atoms with Crippen molar-refractivity contribution < 1.29 is 9.50 Å². The van der Waals surface area contributed by atoms with Gasteiger partial charge < -0.3 is 5.11 Å². The van der Waals surface area contributed by atoms with Gasteiger partial charge in [-0.05, 0) is 60.5 Å². The summed E-state index contributed by atoms with van der Waals surface area (Å²) in [4.78, 5) is 12.9. The number of H-pyrrole nitrogens is 2. The molecule has 0 aliphatic rings. The van der Waals surface area contributed by atoms with Gasteiger partial charge in [0.25, 0.3) is 5.56 Å². The lowest BCUT2D eigenvalue weighted by Crippen LogP contribution is -2.14. The van der Waals surface area contributed by atoms with Crippen LogP contribution in [0.5, 0.6) is 5.75 Å². The first kappa shape index (κ1) is 21.9. The second-order valence-electron chi connectivity index (χ2n) is 7.85. The van der Waals surface area contributed by atoms with E-state index in [1.165, 1.54) is 16.8 Å². The number of para-hydroxylation sites is 1. The normalized spacial score (nSPS) is 11.4. The van der Waals surface area contributed by atoms with Crippen molar-refractivity contribution in [2.75, 3.05) is 0 Å². The highest BCUT2D eigenvalue weighted by atomic mass is 19.1. The molecule has 2 heterocycles. The van der Waals surface area contributed by atoms with E-state index in [0.29, 0.717) is 33.9 Å². The Kier molecular flexibility index (Phi) is 5.49. The number of azo groups is 1. The van der Waals surface area contributed by atoms with E-state index in [1.807, 2.05) is 24.3 Å². The molecule has 11 heteroatoms. The van der Waals surface area contributed by atoms with E-state index in [9.17, 15) is 14.3 Å². The predicted molar refractivity (Wildman–Crippen MR) is 127 cm³/mol. The van der Waals surface area contributed by atoms with Gasteiger partial charge in [-0.1, -0.05) is 30.3 Å². The summed E-state index contributed by atoms with van der Waals surface area (Å²) in [6.45, 7) is 3.30. The highest BCUT2D eigenvalue weighted by Crippen LogP contribution is 2.38. The largest absolute Gasteiger partial charge is 0.505 e. The van der Waals surface area contributed by atoms with Gasteiger partial charge in [0.05, 0.1) is 11.4 Å². The van der Waals surface area contributed by atoms with Gasteiger partial charge in [-0.2, -0.15) is 5.21 Å². The molecule has 0 aliphatic carbocycles. The molecule has 3 aromatic carbocycles. The van der Waals surface area contributed by atoms with Crippen LogP contribution in [0.2, 0.25) is 0 Å². The van der Waals surface area contributed by atoms with Gasteiger partial charge in [-0.15, -0.1) is 20.4 Å². The Balaban J connectivity index is 1.49. The second-order valence-corrected chi connectivity index (χ2v) is 7.85. The van der Waals surface area contributed by atoms with Crippen molar-refractivity contribution >= 4 is 11.4 Å². The van der Waals surface area contributed by atoms with Crippen molar-refractivity contribution in [3.05, 3.63) is 88.1 Å². The number of halogens is 1. The summed E-state index contributed by atoms with van der Waals surface area (Å²) in [5.74, 6) is -0.0231. The highest BCUT2D eigenvalue weighted by molar-refractivity contribution is 5.78. The Bertz CT molecular complexity index is 1620. The molecule has 5 rings (SSSR count). The highest BCUT2D eigenvalue weighted by Gasteiger charge is 2.15. The maximum absolute atomic E-state index is 13.6. The molecule has 0 unspecified atom stereocenters. The fraction of sp³-hybridized carbons (Fsp3) is 0.0833. The number of nitrogens with zero attached hydrogens (tertiary/aromatic N) is 6. The van der Waals surface area contributed by atoms with Crippen LogP contribution in [0.3, 0.4) is 0 Å². The van der Waals surface area contributed by atoms with Gasteiger partial charge in [0.2, 0.25) is 5.82 Å². The Morgan fingerprint density at radius 1 is 1.00 bits per heavy atom. The predicted octanol–water partition coefficient (Wildman–Crippen LogP) is 4.89. The minimum Gasteiger partial charge on any atom is -0.505 e. The molecular formula is C24H19FN8O2. The Labute approximate surface area is 197 Å². The van der Waals surface area contributed by atoms with Gasteiger partial charge in [0.1, 0.15) is 11.5 Å². The number of hydrogen-bond donors (Lipinski definition) is 3. The van der Waals surface area contributed by atoms with E-state index in [2.05, 4.69) is 36.0 Å². The van der Waals surface area contributed by atoms with Crippen LogP contribution < -0.4 is 5.56 Å². The molecule has 0 saturated heterocycles. The molecule has 2 aromatic heterocycles. The van der Waals surface area contributed by atoms with Crippen molar-refractivity contribution in [2.45, 2.75) is 13.8 Å². The number of aromatic amines is 2. The SMILES string of the molecule is Cc1cc(-n2[nH]c(C)c(N=Nc3cccc(-c4cccc(-c5nn[nH]n5)c4)c3O)c2=O)ccc1F. The number of aromatic nitrogens is 6. The third kappa shape index (κ3) is 4.10. The van der Waals surface area contributed by atoms with E-state index in [0.717, 1.165) is 5.56 Å². The maximum atomic E-state index is 13.6. The number of phenolic OH excluding ortho intramolecular Hbond substituents is 1. The van der Waals surface area contributed by atoms with Crippen LogP contribution >= 0.6 is 0 Å². The average molecular weight is 470 g/mol. The number of phenols is 1. The van der Waals surface area contributed by atoms with E-state index < -0.39 is 5.56 Å². The van der Waals surface area contributed by atoms with E-state index >= 15 is 0 Å². The third-order valence-electron chi connectivity index (χ3n) is 5.49. The van der Waals surface area contributed by atoms with Crippen molar-refractivity contribution in [3.8, 4) is 34.0 Å². The monoisotopic (exact) mass is 470 g/mol. The number of hydrogen-bond acceptors (Lipinski definition) is 7. The molecule has 0 bridgehead atoms.